The first-order valence-electron chi connectivity index (χ1n) is 11.4. The van der Waals surface area contributed by atoms with E-state index in [0.717, 1.165) is 17.6 Å². The van der Waals surface area contributed by atoms with E-state index in [1.54, 1.807) is 6.07 Å². The van der Waals surface area contributed by atoms with Gasteiger partial charge in [-0.3, -0.25) is 4.99 Å². The van der Waals surface area contributed by atoms with Crippen molar-refractivity contribution in [3.8, 4) is 5.88 Å². The Morgan fingerprint density at radius 2 is 1.43 bits per heavy atom. The van der Waals surface area contributed by atoms with Crippen molar-refractivity contribution in [2.45, 2.75) is 104 Å². The second kappa shape index (κ2) is 16.3. The summed E-state index contributed by atoms with van der Waals surface area (Å²) in [6, 6.07) is 1.63. The Morgan fingerprint density at radius 1 is 0.893 bits per heavy atom. The second-order valence-electron chi connectivity index (χ2n) is 7.60. The highest BCUT2D eigenvalue weighted by Gasteiger charge is 2.04. The van der Waals surface area contributed by atoms with Crippen LogP contribution in [0.3, 0.4) is 0 Å². The quantitative estimate of drug-likeness (QED) is 0.270. The third-order valence-electron chi connectivity index (χ3n) is 4.90. The fraction of sp³-hybridized carbons (Fsp3) is 0.818. The van der Waals surface area contributed by atoms with Gasteiger partial charge in [0.2, 0.25) is 11.8 Å². The summed E-state index contributed by atoms with van der Waals surface area (Å²) in [5.41, 5.74) is 6.11. The van der Waals surface area contributed by atoms with Gasteiger partial charge in [0, 0.05) is 12.6 Å². The minimum Gasteiger partial charge on any atom is -0.477 e. The van der Waals surface area contributed by atoms with Crippen LogP contribution in [-0.2, 0) is 0 Å². The molecule has 6 heteroatoms. The van der Waals surface area contributed by atoms with E-state index in [2.05, 4.69) is 16.9 Å². The highest BCUT2D eigenvalue weighted by molar-refractivity contribution is 5.21. The molecule has 0 aliphatic heterocycles. The second-order valence-corrected chi connectivity index (χ2v) is 7.60. The van der Waals surface area contributed by atoms with Crippen molar-refractivity contribution in [3.63, 3.8) is 0 Å². The van der Waals surface area contributed by atoms with Crippen molar-refractivity contribution in [1.82, 2.24) is 9.71 Å². The number of nitrogen functional groups attached to an aromatic ring is 1. The molecule has 3 N–H and O–H groups in total. The van der Waals surface area contributed by atoms with Crippen LogP contribution in [0.1, 0.15) is 104 Å². The van der Waals surface area contributed by atoms with Gasteiger partial charge in [-0.2, -0.15) is 4.98 Å². The summed E-state index contributed by atoms with van der Waals surface area (Å²) in [5.74, 6) is 0.409. The molecule has 0 aliphatic carbocycles. The molecule has 0 unspecified atom stereocenters. The Balaban J connectivity index is 2.11. The van der Waals surface area contributed by atoms with E-state index in [9.17, 15) is 5.21 Å². The molecule has 1 rings (SSSR count). The molecule has 1 heterocycles. The lowest BCUT2D eigenvalue weighted by Crippen LogP contribution is -2.24. The highest BCUT2D eigenvalue weighted by Crippen LogP contribution is 2.12. The minimum atomic E-state index is -0.00211. The van der Waals surface area contributed by atoms with Crippen molar-refractivity contribution in [1.29, 1.82) is 0 Å². The monoisotopic (exact) mass is 394 g/mol. The van der Waals surface area contributed by atoms with Gasteiger partial charge in [-0.15, -0.1) is 4.73 Å². The molecular weight excluding hydrogens is 352 g/mol. The summed E-state index contributed by atoms with van der Waals surface area (Å²) in [6.07, 6.45) is 18.1. The zero-order valence-corrected chi connectivity index (χ0v) is 18.2. The maximum absolute atomic E-state index is 9.93. The van der Waals surface area contributed by atoms with Crippen molar-refractivity contribution in [2.75, 3.05) is 18.9 Å². The van der Waals surface area contributed by atoms with Gasteiger partial charge in [0.15, 0.2) is 5.49 Å². The normalized spacial score (nSPS) is 11.9. The van der Waals surface area contributed by atoms with Crippen molar-refractivity contribution >= 4 is 5.95 Å². The largest absolute Gasteiger partial charge is 0.477 e. The molecule has 0 radical (unpaired) electrons. The molecule has 1 aromatic heterocycles. The zero-order valence-electron chi connectivity index (χ0n) is 18.2. The number of unbranched alkanes of at least 4 members (excludes halogenated alkanes) is 12. The van der Waals surface area contributed by atoms with Crippen molar-refractivity contribution in [2.24, 2.45) is 4.99 Å². The van der Waals surface area contributed by atoms with Crippen molar-refractivity contribution in [3.05, 3.63) is 11.6 Å². The van der Waals surface area contributed by atoms with E-state index in [1.165, 1.54) is 77.0 Å². The molecule has 0 fully saturated rings. The number of aromatic nitrogens is 2. The summed E-state index contributed by atoms with van der Waals surface area (Å²) in [6.45, 7) is 5.54. The lowest BCUT2D eigenvalue weighted by atomic mass is 10.0. The van der Waals surface area contributed by atoms with Crippen LogP contribution >= 0.6 is 0 Å². The SMILES string of the molecule is CCCCCCCCCCCCCCCN=c1cc(OCCC)nc(N)n1O. The summed E-state index contributed by atoms with van der Waals surface area (Å²) in [4.78, 5) is 8.43. The molecule has 162 valence electrons. The number of ether oxygens (including phenoxy) is 1. The lowest BCUT2D eigenvalue weighted by molar-refractivity contribution is 0.172. The molecule has 0 bridgehead atoms. The first kappa shape index (κ1) is 24.3. The Bertz CT molecular complexity index is 572. The Hall–Kier alpha value is -1.72. The fourth-order valence-electron chi connectivity index (χ4n) is 3.20. The smallest absolute Gasteiger partial charge is 0.239 e. The van der Waals surface area contributed by atoms with Crippen LogP contribution in [0.15, 0.2) is 11.1 Å². The van der Waals surface area contributed by atoms with Crippen LogP contribution in [0.4, 0.5) is 5.95 Å². The molecule has 0 saturated heterocycles. The Morgan fingerprint density at radius 3 is 1.96 bits per heavy atom. The maximum atomic E-state index is 9.93. The third-order valence-corrected chi connectivity index (χ3v) is 4.90. The number of hydrogen-bond acceptors (Lipinski definition) is 5. The van der Waals surface area contributed by atoms with Crippen LogP contribution < -0.4 is 16.0 Å². The number of anilines is 1. The van der Waals surface area contributed by atoms with Gasteiger partial charge in [-0.25, -0.2) is 0 Å². The predicted octanol–water partition coefficient (Wildman–Crippen LogP) is 5.48. The molecule has 0 aromatic carbocycles. The minimum absolute atomic E-state index is 0.00211. The van der Waals surface area contributed by atoms with Gasteiger partial charge >= 0.3 is 0 Å². The van der Waals surface area contributed by atoms with E-state index >= 15 is 0 Å². The predicted molar refractivity (Wildman–Crippen MR) is 116 cm³/mol. The average molecular weight is 395 g/mol. The number of nitrogens with two attached hydrogens (primary N) is 1. The summed E-state index contributed by atoms with van der Waals surface area (Å²) >= 11 is 0. The molecule has 0 amide bonds. The van der Waals surface area contributed by atoms with E-state index in [1.807, 2.05) is 6.92 Å². The number of hydrogen-bond donors (Lipinski definition) is 2. The van der Waals surface area contributed by atoms with Gasteiger partial charge in [-0.1, -0.05) is 90.9 Å². The summed E-state index contributed by atoms with van der Waals surface area (Å²) in [5, 5.41) is 9.93. The van der Waals surface area contributed by atoms with Crippen LogP contribution in [0.5, 0.6) is 5.88 Å². The lowest BCUT2D eigenvalue weighted by Gasteiger charge is -2.07. The zero-order chi connectivity index (χ0) is 20.5. The summed E-state index contributed by atoms with van der Waals surface area (Å²) < 4.78 is 6.30. The average Bonchev–Trinajstić information content (AvgIpc) is 2.69. The number of nitrogens with zero attached hydrogens (tertiary/aromatic N) is 3. The van der Waals surface area contributed by atoms with E-state index in [-0.39, 0.29) is 5.95 Å². The van der Waals surface area contributed by atoms with Crippen LogP contribution in [0.2, 0.25) is 0 Å². The van der Waals surface area contributed by atoms with E-state index in [0.29, 0.717) is 24.5 Å². The van der Waals surface area contributed by atoms with Gasteiger partial charge in [-0.05, 0) is 12.8 Å². The number of rotatable bonds is 17. The van der Waals surface area contributed by atoms with Crippen LogP contribution in [0, 0.1) is 0 Å². The van der Waals surface area contributed by atoms with Gasteiger partial charge in [0.1, 0.15) is 0 Å². The fourth-order valence-corrected chi connectivity index (χ4v) is 3.20. The molecule has 0 aliphatic rings. The van der Waals surface area contributed by atoms with Crippen LogP contribution in [-0.4, -0.2) is 28.1 Å². The van der Waals surface area contributed by atoms with Gasteiger partial charge in [0.05, 0.1) is 6.61 Å². The first-order chi connectivity index (χ1) is 13.7. The summed E-state index contributed by atoms with van der Waals surface area (Å²) in [7, 11) is 0. The molecule has 0 atom stereocenters. The van der Waals surface area contributed by atoms with Gasteiger partial charge in [0.25, 0.3) is 0 Å². The van der Waals surface area contributed by atoms with Gasteiger partial charge < -0.3 is 15.7 Å². The highest BCUT2D eigenvalue weighted by atomic mass is 16.5. The first-order valence-corrected chi connectivity index (χ1v) is 11.4. The third kappa shape index (κ3) is 11.2. The standard InChI is InChI=1S/C22H42N4O2/c1-3-5-6-7-8-9-10-11-12-13-14-15-16-17-24-20-19-21(28-18-4-2)25-22(23)26(20)27/h19,27H,3-18H2,1-2H3,(H2,23,25). The Kier molecular flexibility index (Phi) is 14.1. The van der Waals surface area contributed by atoms with E-state index < -0.39 is 0 Å². The van der Waals surface area contributed by atoms with E-state index in [4.69, 9.17) is 10.5 Å². The molecule has 28 heavy (non-hydrogen) atoms. The maximum Gasteiger partial charge on any atom is 0.239 e. The molecule has 0 spiro atoms. The molecule has 0 saturated carbocycles. The van der Waals surface area contributed by atoms with Crippen molar-refractivity contribution < 1.29 is 9.94 Å². The van der Waals surface area contributed by atoms with Crippen LogP contribution in [0.25, 0.3) is 0 Å². The molecular formula is C22H42N4O2. The molecule has 6 nitrogen and oxygen atoms in total. The Labute approximate surface area is 171 Å². The topological polar surface area (TPSA) is 85.7 Å². The molecule has 1 aromatic rings.